The molecule has 0 aromatic heterocycles. The fourth-order valence-corrected chi connectivity index (χ4v) is 2.01. The van der Waals surface area contributed by atoms with Crippen LogP contribution >= 0.6 is 11.8 Å². The summed E-state index contributed by atoms with van der Waals surface area (Å²) >= 11 is -0.913. The molecule has 1 aromatic rings. The van der Waals surface area contributed by atoms with Crippen molar-refractivity contribution in [2.45, 2.75) is 16.8 Å². The number of halogens is 6. The maximum absolute atomic E-state index is 12.4. The van der Waals surface area contributed by atoms with E-state index in [0.717, 1.165) is 13.2 Å². The molecule has 0 saturated heterocycles. The number of hydrogen-bond acceptors (Lipinski definition) is 5. The highest BCUT2D eigenvalue weighted by molar-refractivity contribution is 8.00. The Morgan fingerprint density at radius 3 is 2.23 bits per heavy atom. The summed E-state index contributed by atoms with van der Waals surface area (Å²) in [6.07, 6.45) is -5.36. The fraction of sp³-hybridized carbons (Fsp3) is 0.273. The molecule has 0 amide bonds. The molecule has 0 aliphatic rings. The average molecular weight is 345 g/mol. The summed E-state index contributed by atoms with van der Waals surface area (Å²) in [5, 5.41) is 8.79. The first-order valence-corrected chi connectivity index (χ1v) is 5.97. The number of nitrogens with zero attached hydrogens (tertiary/aromatic N) is 1. The molecule has 0 unspecified atom stereocenters. The molecule has 0 aliphatic carbocycles. The molecule has 11 heteroatoms. The van der Waals surface area contributed by atoms with E-state index in [1.807, 2.05) is 0 Å². The normalized spacial score (nSPS) is 11.7. The monoisotopic (exact) mass is 345 g/mol. The fourth-order valence-electron chi connectivity index (χ4n) is 1.38. The molecule has 0 fully saturated rings. The summed E-state index contributed by atoms with van der Waals surface area (Å²) in [5.74, 6) is -2.86. The van der Waals surface area contributed by atoms with E-state index < -0.39 is 51.4 Å². The van der Waals surface area contributed by atoms with Crippen molar-refractivity contribution in [2.75, 3.05) is 7.11 Å². The van der Waals surface area contributed by atoms with Gasteiger partial charge >= 0.3 is 17.8 Å². The highest BCUT2D eigenvalue weighted by Gasteiger charge is 2.39. The van der Waals surface area contributed by atoms with Crippen LogP contribution in [-0.4, -0.2) is 24.9 Å². The summed E-state index contributed by atoms with van der Waals surface area (Å²) in [4.78, 5) is 10.5. The van der Waals surface area contributed by atoms with Crippen LogP contribution in [0.1, 0.15) is 15.9 Å². The number of methoxy groups -OCH3 is 1. The van der Waals surface area contributed by atoms with E-state index >= 15 is 0 Å². The molecule has 120 valence electrons. The first-order chi connectivity index (χ1) is 9.98. The van der Waals surface area contributed by atoms with E-state index in [1.165, 1.54) is 6.07 Å². The summed E-state index contributed by atoms with van der Waals surface area (Å²) in [6.45, 7) is 0. The molecule has 4 nitrogen and oxygen atoms in total. The van der Waals surface area contributed by atoms with E-state index in [-0.39, 0.29) is 0 Å². The van der Waals surface area contributed by atoms with Crippen molar-refractivity contribution in [2.24, 2.45) is 0 Å². The van der Waals surface area contributed by atoms with Gasteiger partial charge in [0.15, 0.2) is 5.75 Å². The third-order valence-corrected chi connectivity index (χ3v) is 2.85. The van der Waals surface area contributed by atoms with Gasteiger partial charge in [-0.25, -0.2) is 4.79 Å². The lowest BCUT2D eigenvalue weighted by atomic mass is 10.1. The molecular formula is C11H5F6NO3S. The van der Waals surface area contributed by atoms with Gasteiger partial charge in [-0.2, -0.15) is 18.4 Å². The minimum Gasteiger partial charge on any atom is -0.465 e. The zero-order chi connectivity index (χ0) is 17.1. The Balaban J connectivity index is 3.59. The van der Waals surface area contributed by atoms with Gasteiger partial charge in [0.05, 0.1) is 17.6 Å². The number of ether oxygens (including phenoxy) is 2. The molecular weight excluding hydrogens is 340 g/mol. The zero-order valence-electron chi connectivity index (χ0n) is 10.5. The van der Waals surface area contributed by atoms with E-state index in [2.05, 4.69) is 9.47 Å². The van der Waals surface area contributed by atoms with Gasteiger partial charge in [-0.05, 0) is 23.9 Å². The summed E-state index contributed by atoms with van der Waals surface area (Å²) in [7, 11) is 0.796. The Bertz CT molecular complexity index is 620. The first kappa shape index (κ1) is 18.0. The molecule has 0 bridgehead atoms. The van der Waals surface area contributed by atoms with Crippen molar-refractivity contribution in [3.05, 3.63) is 23.3 Å². The SMILES string of the molecule is COC(=O)c1c(C#N)ccc(SC(F)(F)F)c1OC(F)(F)F. The van der Waals surface area contributed by atoms with Crippen LogP contribution in [0.2, 0.25) is 0 Å². The topological polar surface area (TPSA) is 59.3 Å². The Kier molecular flexibility index (Phi) is 5.18. The third kappa shape index (κ3) is 4.73. The van der Waals surface area contributed by atoms with Crippen LogP contribution in [0, 0.1) is 11.3 Å². The molecule has 0 radical (unpaired) electrons. The minimum atomic E-state index is -5.36. The number of thioether (sulfide) groups is 1. The van der Waals surface area contributed by atoms with Crippen LogP contribution in [0.3, 0.4) is 0 Å². The number of hydrogen-bond donors (Lipinski definition) is 0. The van der Waals surface area contributed by atoms with Gasteiger partial charge in [-0.1, -0.05) is 0 Å². The van der Waals surface area contributed by atoms with Gasteiger partial charge in [-0.15, -0.1) is 13.2 Å². The number of benzene rings is 1. The lowest BCUT2D eigenvalue weighted by Crippen LogP contribution is -2.21. The van der Waals surface area contributed by atoms with Crippen molar-refractivity contribution in [1.82, 2.24) is 0 Å². The molecule has 0 saturated carbocycles. The van der Waals surface area contributed by atoms with Crippen molar-refractivity contribution >= 4 is 17.7 Å². The number of nitriles is 1. The maximum Gasteiger partial charge on any atom is 0.573 e. The maximum atomic E-state index is 12.4. The van der Waals surface area contributed by atoms with Gasteiger partial charge in [0, 0.05) is 0 Å². The van der Waals surface area contributed by atoms with Crippen LogP contribution in [0.4, 0.5) is 26.3 Å². The standard InChI is InChI=1S/C11H5F6NO3S/c1-20-9(19)7-5(4-18)2-3-6(22-11(15,16)17)8(7)21-10(12,13)14/h2-3H,1H3. The number of rotatable bonds is 3. The Hall–Kier alpha value is -2.09. The predicted octanol–water partition coefficient (Wildman–Crippen LogP) is 3.86. The van der Waals surface area contributed by atoms with Crippen molar-refractivity contribution in [1.29, 1.82) is 5.26 Å². The second kappa shape index (κ2) is 6.35. The van der Waals surface area contributed by atoms with Gasteiger partial charge in [0.2, 0.25) is 0 Å². The molecule has 0 spiro atoms. The smallest absolute Gasteiger partial charge is 0.465 e. The average Bonchev–Trinajstić information content (AvgIpc) is 2.36. The molecule has 0 atom stereocenters. The van der Waals surface area contributed by atoms with Crippen molar-refractivity contribution < 1.29 is 40.6 Å². The van der Waals surface area contributed by atoms with E-state index in [9.17, 15) is 31.1 Å². The highest BCUT2D eigenvalue weighted by atomic mass is 32.2. The van der Waals surface area contributed by atoms with Crippen LogP contribution in [0.15, 0.2) is 17.0 Å². The van der Waals surface area contributed by atoms with E-state index in [4.69, 9.17) is 5.26 Å². The number of carbonyl (C=O) groups excluding carboxylic acids is 1. The first-order valence-electron chi connectivity index (χ1n) is 5.15. The lowest BCUT2D eigenvalue weighted by molar-refractivity contribution is -0.275. The van der Waals surface area contributed by atoms with Gasteiger partial charge in [0.1, 0.15) is 11.6 Å². The summed E-state index contributed by atoms with van der Waals surface area (Å²) in [5.41, 5.74) is -6.57. The van der Waals surface area contributed by atoms with Crippen molar-refractivity contribution in [3.63, 3.8) is 0 Å². The van der Waals surface area contributed by atoms with E-state index in [0.29, 0.717) is 6.07 Å². The molecule has 0 N–H and O–H groups in total. The number of esters is 1. The molecule has 1 rings (SSSR count). The number of carbonyl (C=O) groups is 1. The highest BCUT2D eigenvalue weighted by Crippen LogP contribution is 2.45. The second-order valence-corrected chi connectivity index (χ2v) is 4.62. The van der Waals surface area contributed by atoms with Gasteiger partial charge in [0.25, 0.3) is 0 Å². The largest absolute Gasteiger partial charge is 0.573 e. The Morgan fingerprint density at radius 1 is 1.23 bits per heavy atom. The third-order valence-electron chi connectivity index (χ3n) is 2.08. The molecule has 22 heavy (non-hydrogen) atoms. The Labute approximate surface area is 123 Å². The minimum absolute atomic E-state index is 0.601. The van der Waals surface area contributed by atoms with Gasteiger partial charge in [-0.3, -0.25) is 0 Å². The second-order valence-electron chi connectivity index (χ2n) is 3.51. The summed E-state index contributed by atoms with van der Waals surface area (Å²) < 4.78 is 82.1. The zero-order valence-corrected chi connectivity index (χ0v) is 11.3. The van der Waals surface area contributed by atoms with Crippen LogP contribution in [0.25, 0.3) is 0 Å². The molecule has 0 heterocycles. The van der Waals surface area contributed by atoms with Crippen LogP contribution in [0.5, 0.6) is 5.75 Å². The predicted molar refractivity (Wildman–Crippen MR) is 61.1 cm³/mol. The Morgan fingerprint density at radius 2 is 1.82 bits per heavy atom. The van der Waals surface area contributed by atoms with Crippen LogP contribution in [-0.2, 0) is 4.74 Å². The van der Waals surface area contributed by atoms with Crippen molar-refractivity contribution in [3.8, 4) is 11.8 Å². The number of alkyl halides is 6. The van der Waals surface area contributed by atoms with Gasteiger partial charge < -0.3 is 9.47 Å². The quantitative estimate of drug-likeness (QED) is 0.473. The summed E-state index contributed by atoms with van der Waals surface area (Å²) in [6, 6.07) is 2.76. The molecule has 0 aliphatic heterocycles. The lowest BCUT2D eigenvalue weighted by Gasteiger charge is -2.17. The van der Waals surface area contributed by atoms with E-state index in [1.54, 1.807) is 0 Å². The molecule has 1 aromatic carbocycles. The van der Waals surface area contributed by atoms with Crippen LogP contribution < -0.4 is 4.74 Å².